The molecule has 0 aliphatic heterocycles. The zero-order chi connectivity index (χ0) is 14.5. The van der Waals surface area contributed by atoms with E-state index < -0.39 is 0 Å². The molecule has 7 heteroatoms. The quantitative estimate of drug-likeness (QED) is 0.495. The van der Waals surface area contributed by atoms with Gasteiger partial charge in [0.1, 0.15) is 0 Å². The number of hydrogen-bond donors (Lipinski definition) is 1. The molecule has 0 saturated carbocycles. The van der Waals surface area contributed by atoms with Crippen LogP contribution in [0.4, 0.5) is 5.69 Å². The van der Waals surface area contributed by atoms with Crippen LogP contribution >= 0.6 is 0 Å². The maximum atomic E-state index is 10.9. The maximum Gasteiger partial charge on any atom is 0.274 e. The molecule has 0 amide bonds. The molecule has 2 rings (SSSR count). The monoisotopic (exact) mass is 275 g/mol. The predicted molar refractivity (Wildman–Crippen MR) is 74.7 cm³/mol. The Morgan fingerprint density at radius 3 is 2.95 bits per heavy atom. The lowest BCUT2D eigenvalue weighted by molar-refractivity contribution is -0.385. The Morgan fingerprint density at radius 2 is 2.25 bits per heavy atom. The number of nitro groups is 1. The summed E-state index contributed by atoms with van der Waals surface area (Å²) in [6.07, 6.45) is 2.84. The van der Waals surface area contributed by atoms with Gasteiger partial charge in [0, 0.05) is 12.6 Å². The number of nitrogens with one attached hydrogen (secondary N) is 1. The molecule has 0 spiro atoms. The van der Waals surface area contributed by atoms with E-state index in [4.69, 9.17) is 0 Å². The predicted octanol–water partition coefficient (Wildman–Crippen LogP) is 1.98. The number of nitro benzene ring substituents is 1. The highest BCUT2D eigenvalue weighted by Crippen LogP contribution is 2.23. The van der Waals surface area contributed by atoms with E-state index in [1.807, 2.05) is 0 Å². The van der Waals surface area contributed by atoms with Gasteiger partial charge in [0.05, 0.1) is 28.1 Å². The van der Waals surface area contributed by atoms with E-state index in [1.54, 1.807) is 29.9 Å². The van der Waals surface area contributed by atoms with Gasteiger partial charge in [-0.3, -0.25) is 10.1 Å². The van der Waals surface area contributed by atoms with Gasteiger partial charge >= 0.3 is 0 Å². The van der Waals surface area contributed by atoms with Crippen molar-refractivity contribution in [3.63, 3.8) is 0 Å². The highest BCUT2D eigenvalue weighted by molar-refractivity contribution is 5.52. The Balaban J connectivity index is 2.24. The minimum atomic E-state index is -0.389. The zero-order valence-electron chi connectivity index (χ0n) is 11.5. The molecule has 0 radical (unpaired) electrons. The number of nitrogens with zero attached hydrogens (tertiary/aromatic N) is 4. The zero-order valence-corrected chi connectivity index (χ0v) is 11.5. The van der Waals surface area contributed by atoms with Crippen molar-refractivity contribution in [1.82, 2.24) is 20.3 Å². The third kappa shape index (κ3) is 3.00. The first-order valence-corrected chi connectivity index (χ1v) is 6.49. The second-order valence-corrected chi connectivity index (χ2v) is 4.51. The average Bonchev–Trinajstić information content (AvgIpc) is 2.87. The molecule has 1 aromatic carbocycles. The Hall–Kier alpha value is -2.28. The molecule has 0 aliphatic rings. The van der Waals surface area contributed by atoms with Crippen molar-refractivity contribution in [2.75, 3.05) is 6.54 Å². The molecular weight excluding hydrogens is 258 g/mol. The van der Waals surface area contributed by atoms with Crippen molar-refractivity contribution >= 4 is 5.69 Å². The molecule has 0 bridgehead atoms. The fourth-order valence-electron chi connectivity index (χ4n) is 1.95. The first kappa shape index (κ1) is 14.1. The highest BCUT2D eigenvalue weighted by Gasteiger charge is 2.15. The lowest BCUT2D eigenvalue weighted by atomic mass is 10.1. The first-order valence-electron chi connectivity index (χ1n) is 6.49. The van der Waals surface area contributed by atoms with Crippen molar-refractivity contribution < 1.29 is 4.92 Å². The van der Waals surface area contributed by atoms with E-state index in [2.05, 4.69) is 22.6 Å². The van der Waals surface area contributed by atoms with E-state index in [9.17, 15) is 10.1 Å². The van der Waals surface area contributed by atoms with Crippen molar-refractivity contribution in [3.8, 4) is 5.69 Å². The highest BCUT2D eigenvalue weighted by atomic mass is 16.6. The van der Waals surface area contributed by atoms with E-state index in [0.29, 0.717) is 17.8 Å². The Bertz CT molecular complexity index is 609. The van der Waals surface area contributed by atoms with Crippen LogP contribution in [-0.2, 0) is 6.54 Å². The van der Waals surface area contributed by atoms with Gasteiger partial charge in [-0.1, -0.05) is 18.2 Å². The minimum absolute atomic E-state index is 0.0867. The molecule has 20 heavy (non-hydrogen) atoms. The molecular formula is C13H17N5O2. The third-order valence-corrected chi connectivity index (χ3v) is 2.99. The van der Waals surface area contributed by atoms with Crippen LogP contribution in [0.3, 0.4) is 0 Å². The van der Waals surface area contributed by atoms with Crippen LogP contribution in [0.5, 0.6) is 0 Å². The van der Waals surface area contributed by atoms with Crippen LogP contribution in [0.2, 0.25) is 0 Å². The molecule has 0 saturated heterocycles. The van der Waals surface area contributed by atoms with Crippen LogP contribution in [0.25, 0.3) is 5.69 Å². The molecule has 0 aliphatic carbocycles. The lowest BCUT2D eigenvalue weighted by Gasteiger charge is -2.04. The van der Waals surface area contributed by atoms with Gasteiger partial charge < -0.3 is 5.32 Å². The molecule has 1 heterocycles. The summed E-state index contributed by atoms with van der Waals surface area (Å²) in [7, 11) is 0. The maximum absolute atomic E-state index is 10.9. The number of benzene rings is 1. The van der Waals surface area contributed by atoms with Gasteiger partial charge in [-0.15, -0.1) is 5.10 Å². The smallest absolute Gasteiger partial charge is 0.274 e. The number of aromatic nitrogens is 3. The summed E-state index contributed by atoms with van der Waals surface area (Å²) in [5.74, 6) is 0. The minimum Gasteiger partial charge on any atom is -0.311 e. The van der Waals surface area contributed by atoms with Gasteiger partial charge in [-0.25, -0.2) is 4.68 Å². The van der Waals surface area contributed by atoms with Crippen LogP contribution in [0.15, 0.2) is 24.4 Å². The van der Waals surface area contributed by atoms with E-state index in [0.717, 1.165) is 18.7 Å². The second kappa shape index (κ2) is 6.25. The second-order valence-electron chi connectivity index (χ2n) is 4.51. The Morgan fingerprint density at radius 1 is 1.45 bits per heavy atom. The normalized spacial score (nSPS) is 10.7. The largest absolute Gasteiger partial charge is 0.311 e. The molecule has 0 atom stereocenters. The summed E-state index contributed by atoms with van der Waals surface area (Å²) in [4.78, 5) is 10.5. The van der Waals surface area contributed by atoms with Gasteiger partial charge in [-0.05, 0) is 26.0 Å². The van der Waals surface area contributed by atoms with Gasteiger partial charge in [0.2, 0.25) is 0 Å². The molecule has 0 unspecified atom stereocenters. The average molecular weight is 275 g/mol. The van der Waals surface area contributed by atoms with Crippen molar-refractivity contribution in [2.24, 2.45) is 0 Å². The van der Waals surface area contributed by atoms with E-state index in [1.165, 1.54) is 6.07 Å². The third-order valence-electron chi connectivity index (χ3n) is 2.99. The van der Waals surface area contributed by atoms with Gasteiger partial charge in [0.25, 0.3) is 5.69 Å². The summed E-state index contributed by atoms with van der Waals surface area (Å²) in [5, 5.41) is 22.3. The molecule has 2 aromatic rings. The summed E-state index contributed by atoms with van der Waals surface area (Å²) in [6, 6.07) is 4.93. The standard InChI is InChI=1S/C13H17N5O2/c1-3-7-14-8-11-9-17(16-15-11)12-5-4-6-13(10(12)2)18(19)20/h4-6,9,14H,3,7-8H2,1-2H3. The fraction of sp³-hybridized carbons (Fsp3) is 0.385. The Labute approximate surface area is 116 Å². The van der Waals surface area contributed by atoms with Gasteiger partial charge in [-0.2, -0.15) is 0 Å². The molecule has 1 N–H and O–H groups in total. The fourth-order valence-corrected chi connectivity index (χ4v) is 1.95. The van der Waals surface area contributed by atoms with Crippen molar-refractivity contribution in [3.05, 3.63) is 45.8 Å². The van der Waals surface area contributed by atoms with Crippen LogP contribution < -0.4 is 5.32 Å². The first-order chi connectivity index (χ1) is 9.63. The Kier molecular flexibility index (Phi) is 4.41. The number of rotatable bonds is 6. The van der Waals surface area contributed by atoms with Crippen LogP contribution in [0.1, 0.15) is 24.6 Å². The lowest BCUT2D eigenvalue weighted by Crippen LogP contribution is -2.13. The summed E-state index contributed by atoms with van der Waals surface area (Å²) >= 11 is 0. The number of hydrogen-bond acceptors (Lipinski definition) is 5. The molecule has 0 fully saturated rings. The van der Waals surface area contributed by atoms with E-state index in [-0.39, 0.29) is 10.6 Å². The summed E-state index contributed by atoms with van der Waals surface area (Å²) in [6.45, 7) is 5.37. The summed E-state index contributed by atoms with van der Waals surface area (Å²) < 4.78 is 1.57. The SMILES string of the molecule is CCCNCc1cn(-c2cccc([N+](=O)[O-])c2C)nn1. The van der Waals surface area contributed by atoms with Crippen molar-refractivity contribution in [2.45, 2.75) is 26.8 Å². The summed E-state index contributed by atoms with van der Waals surface area (Å²) in [5.41, 5.74) is 2.15. The van der Waals surface area contributed by atoms with E-state index >= 15 is 0 Å². The van der Waals surface area contributed by atoms with Crippen LogP contribution in [-0.4, -0.2) is 26.5 Å². The van der Waals surface area contributed by atoms with Crippen LogP contribution in [0, 0.1) is 17.0 Å². The topological polar surface area (TPSA) is 85.9 Å². The van der Waals surface area contributed by atoms with Gasteiger partial charge in [0.15, 0.2) is 0 Å². The molecule has 1 aromatic heterocycles. The molecule has 106 valence electrons. The molecule has 7 nitrogen and oxygen atoms in total. The van der Waals surface area contributed by atoms with Crippen molar-refractivity contribution in [1.29, 1.82) is 0 Å².